The molecule has 0 aliphatic carbocycles. The maximum Gasteiger partial charge on any atom is 0.315 e. The fourth-order valence-electron chi connectivity index (χ4n) is 2.58. The molecule has 0 spiro atoms. The van der Waals surface area contributed by atoms with Crippen molar-refractivity contribution in [2.45, 2.75) is 31.7 Å². The van der Waals surface area contributed by atoms with Crippen molar-refractivity contribution in [2.24, 2.45) is 11.7 Å². The number of amides is 2. The summed E-state index contributed by atoms with van der Waals surface area (Å²) in [4.78, 5) is 24.9. The number of urea groups is 1. The molecule has 0 aromatic rings. The highest BCUT2D eigenvalue weighted by Crippen LogP contribution is 2.25. The molecule has 1 atom stereocenters. The van der Waals surface area contributed by atoms with Gasteiger partial charge < -0.3 is 15.4 Å². The average Bonchev–Trinajstić information content (AvgIpc) is 2.78. The predicted molar refractivity (Wildman–Crippen MR) is 57.9 cm³/mol. The van der Waals surface area contributed by atoms with Gasteiger partial charge in [-0.2, -0.15) is 0 Å². The van der Waals surface area contributed by atoms with Gasteiger partial charge in [0.15, 0.2) is 5.78 Å². The van der Waals surface area contributed by atoms with Crippen LogP contribution in [0.4, 0.5) is 4.79 Å². The van der Waals surface area contributed by atoms with Crippen molar-refractivity contribution in [3.05, 3.63) is 0 Å². The number of hydrogen-bond acceptors (Lipinski definition) is 3. The van der Waals surface area contributed by atoms with E-state index in [1.165, 1.54) is 4.90 Å². The molecule has 2 amide bonds. The van der Waals surface area contributed by atoms with Crippen LogP contribution in [0, 0.1) is 5.92 Å². The molecular formula is C11H18N2O3. The van der Waals surface area contributed by atoms with Crippen LogP contribution in [-0.4, -0.2) is 42.5 Å². The third-order valence-corrected chi connectivity index (χ3v) is 3.49. The Morgan fingerprint density at radius 1 is 1.19 bits per heavy atom. The zero-order valence-corrected chi connectivity index (χ0v) is 9.35. The summed E-state index contributed by atoms with van der Waals surface area (Å²) in [5, 5.41) is 0. The quantitative estimate of drug-likeness (QED) is 0.746. The largest absolute Gasteiger partial charge is 0.381 e. The van der Waals surface area contributed by atoms with Crippen LogP contribution in [0.25, 0.3) is 0 Å². The molecule has 2 aliphatic rings. The summed E-state index contributed by atoms with van der Waals surface area (Å²) in [7, 11) is 0. The van der Waals surface area contributed by atoms with E-state index in [1.54, 1.807) is 0 Å². The smallest absolute Gasteiger partial charge is 0.315 e. The molecule has 16 heavy (non-hydrogen) atoms. The van der Waals surface area contributed by atoms with Gasteiger partial charge >= 0.3 is 6.03 Å². The van der Waals surface area contributed by atoms with Gasteiger partial charge in [0.1, 0.15) is 0 Å². The summed E-state index contributed by atoms with van der Waals surface area (Å²) in [6.07, 6.45) is 3.20. The summed E-state index contributed by atoms with van der Waals surface area (Å²) >= 11 is 0. The van der Waals surface area contributed by atoms with Crippen molar-refractivity contribution in [1.82, 2.24) is 4.90 Å². The van der Waals surface area contributed by atoms with Gasteiger partial charge in [0.2, 0.25) is 0 Å². The topological polar surface area (TPSA) is 72.6 Å². The molecule has 2 heterocycles. The molecule has 90 valence electrons. The fraction of sp³-hybridized carbons (Fsp3) is 0.818. The van der Waals surface area contributed by atoms with Crippen molar-refractivity contribution in [3.8, 4) is 0 Å². The van der Waals surface area contributed by atoms with E-state index in [9.17, 15) is 9.59 Å². The first-order valence-electron chi connectivity index (χ1n) is 5.87. The lowest BCUT2D eigenvalue weighted by Crippen LogP contribution is -2.46. The van der Waals surface area contributed by atoms with E-state index in [0.29, 0.717) is 19.8 Å². The van der Waals surface area contributed by atoms with Crippen molar-refractivity contribution in [2.75, 3.05) is 19.8 Å². The summed E-state index contributed by atoms with van der Waals surface area (Å²) in [6.45, 7) is 1.92. The first-order valence-corrected chi connectivity index (χ1v) is 5.87. The normalized spacial score (nSPS) is 27.0. The van der Waals surface area contributed by atoms with Gasteiger partial charge in [-0.05, 0) is 25.7 Å². The van der Waals surface area contributed by atoms with Gasteiger partial charge in [-0.3, -0.25) is 4.79 Å². The number of primary amides is 1. The summed E-state index contributed by atoms with van der Waals surface area (Å²) in [5.74, 6) is 0.235. The van der Waals surface area contributed by atoms with E-state index in [-0.39, 0.29) is 17.7 Å². The van der Waals surface area contributed by atoms with E-state index < -0.39 is 6.03 Å². The summed E-state index contributed by atoms with van der Waals surface area (Å²) < 4.78 is 5.23. The predicted octanol–water partition coefficient (Wildman–Crippen LogP) is 0.525. The van der Waals surface area contributed by atoms with Crippen LogP contribution in [0.15, 0.2) is 0 Å². The summed E-state index contributed by atoms with van der Waals surface area (Å²) in [5.41, 5.74) is 5.27. The second-order valence-corrected chi connectivity index (χ2v) is 4.48. The number of hydrogen-bond donors (Lipinski definition) is 1. The minimum absolute atomic E-state index is 0.0544. The number of nitrogens with two attached hydrogens (primary N) is 1. The highest BCUT2D eigenvalue weighted by Gasteiger charge is 2.36. The molecule has 2 rings (SSSR count). The number of ketones is 1. The van der Waals surface area contributed by atoms with Crippen LogP contribution in [0.3, 0.4) is 0 Å². The van der Waals surface area contributed by atoms with Crippen LogP contribution in [0.5, 0.6) is 0 Å². The Labute approximate surface area is 94.9 Å². The molecule has 0 aromatic carbocycles. The number of ether oxygens (including phenoxy) is 1. The van der Waals surface area contributed by atoms with Crippen LogP contribution in [-0.2, 0) is 9.53 Å². The number of likely N-dealkylation sites (tertiary alicyclic amines) is 1. The lowest BCUT2D eigenvalue weighted by atomic mass is 9.90. The lowest BCUT2D eigenvalue weighted by Gasteiger charge is -2.27. The van der Waals surface area contributed by atoms with Gasteiger partial charge in [0.25, 0.3) is 0 Å². The molecule has 0 aromatic heterocycles. The molecule has 2 aliphatic heterocycles. The summed E-state index contributed by atoms with van der Waals surface area (Å²) in [6, 6.07) is -0.747. The van der Waals surface area contributed by atoms with Crippen LogP contribution >= 0.6 is 0 Å². The fourth-order valence-corrected chi connectivity index (χ4v) is 2.58. The van der Waals surface area contributed by atoms with Crippen molar-refractivity contribution in [3.63, 3.8) is 0 Å². The number of carbonyl (C=O) groups excluding carboxylic acids is 2. The molecule has 0 unspecified atom stereocenters. The first-order chi connectivity index (χ1) is 7.70. The average molecular weight is 226 g/mol. The van der Waals surface area contributed by atoms with Crippen molar-refractivity contribution >= 4 is 11.8 Å². The van der Waals surface area contributed by atoms with E-state index in [0.717, 1.165) is 25.7 Å². The molecule has 2 fully saturated rings. The Bertz CT molecular complexity index is 287. The SMILES string of the molecule is NC(=O)N1CCC[C@H]1C(=O)C1CCOCC1. The molecular weight excluding hydrogens is 208 g/mol. The first kappa shape index (κ1) is 11.4. The number of carbonyl (C=O) groups is 2. The maximum absolute atomic E-state index is 12.2. The molecule has 0 radical (unpaired) electrons. The van der Waals surface area contributed by atoms with Crippen LogP contribution in [0.1, 0.15) is 25.7 Å². The third-order valence-electron chi connectivity index (χ3n) is 3.49. The standard InChI is InChI=1S/C11H18N2O3/c12-11(15)13-5-1-2-9(13)10(14)8-3-6-16-7-4-8/h8-9H,1-7H2,(H2,12,15)/t9-/m0/s1. The van der Waals surface area contributed by atoms with Crippen molar-refractivity contribution in [1.29, 1.82) is 0 Å². The second kappa shape index (κ2) is 4.82. The monoisotopic (exact) mass is 226 g/mol. The zero-order chi connectivity index (χ0) is 11.5. The van der Waals surface area contributed by atoms with Gasteiger partial charge in [0.05, 0.1) is 6.04 Å². The van der Waals surface area contributed by atoms with Gasteiger partial charge in [-0.25, -0.2) is 4.79 Å². The lowest BCUT2D eigenvalue weighted by molar-refractivity contribution is -0.129. The Hall–Kier alpha value is -1.10. The number of nitrogens with zero attached hydrogens (tertiary/aromatic N) is 1. The van der Waals surface area contributed by atoms with E-state index in [4.69, 9.17) is 10.5 Å². The van der Waals surface area contributed by atoms with E-state index in [1.807, 2.05) is 0 Å². The minimum atomic E-state index is -0.470. The van der Waals surface area contributed by atoms with Gasteiger partial charge in [-0.1, -0.05) is 0 Å². The highest BCUT2D eigenvalue weighted by atomic mass is 16.5. The molecule has 2 N–H and O–H groups in total. The van der Waals surface area contributed by atoms with E-state index in [2.05, 4.69) is 0 Å². The molecule has 0 bridgehead atoms. The van der Waals surface area contributed by atoms with Crippen molar-refractivity contribution < 1.29 is 14.3 Å². The molecule has 5 heteroatoms. The third kappa shape index (κ3) is 2.19. The molecule has 0 saturated carbocycles. The Balaban J connectivity index is 1.99. The Morgan fingerprint density at radius 2 is 1.88 bits per heavy atom. The molecule has 5 nitrogen and oxygen atoms in total. The second-order valence-electron chi connectivity index (χ2n) is 4.48. The maximum atomic E-state index is 12.2. The zero-order valence-electron chi connectivity index (χ0n) is 9.35. The van der Waals surface area contributed by atoms with E-state index >= 15 is 0 Å². The Morgan fingerprint density at radius 3 is 2.50 bits per heavy atom. The van der Waals surface area contributed by atoms with Gasteiger partial charge in [-0.15, -0.1) is 0 Å². The highest BCUT2D eigenvalue weighted by molar-refractivity contribution is 5.90. The minimum Gasteiger partial charge on any atom is -0.381 e. The van der Waals surface area contributed by atoms with Crippen LogP contribution < -0.4 is 5.73 Å². The van der Waals surface area contributed by atoms with Gasteiger partial charge in [0, 0.05) is 25.7 Å². The Kier molecular flexibility index (Phi) is 3.43. The number of Topliss-reactive ketones (excluding diaryl/α,β-unsaturated/α-hetero) is 1. The molecule has 2 saturated heterocycles. The number of rotatable bonds is 2. The van der Waals surface area contributed by atoms with Crippen LogP contribution in [0.2, 0.25) is 0 Å².